The smallest absolute Gasteiger partial charge is 0.0886 e. The van der Waals surface area contributed by atoms with Crippen molar-refractivity contribution in [3.8, 4) is 0 Å². The van der Waals surface area contributed by atoms with E-state index >= 15 is 0 Å². The largest absolute Gasteiger partial charge is 0.385 e. The summed E-state index contributed by atoms with van der Waals surface area (Å²) in [6.45, 7) is 8.36. The number of aliphatic hydroxyl groups is 1. The van der Waals surface area contributed by atoms with Crippen molar-refractivity contribution in [2.75, 3.05) is 19.8 Å². The van der Waals surface area contributed by atoms with Crippen LogP contribution in [0.1, 0.15) is 30.0 Å². The molecule has 3 nitrogen and oxygen atoms in total. The van der Waals surface area contributed by atoms with Gasteiger partial charge in [-0.15, -0.1) is 0 Å². The zero-order valence-electron chi connectivity index (χ0n) is 11.5. The summed E-state index contributed by atoms with van der Waals surface area (Å²) in [6.07, 6.45) is 0.678. The van der Waals surface area contributed by atoms with Crippen LogP contribution in [0.3, 0.4) is 0 Å². The van der Waals surface area contributed by atoms with Crippen molar-refractivity contribution in [1.29, 1.82) is 0 Å². The van der Waals surface area contributed by atoms with Crippen molar-refractivity contribution in [2.45, 2.75) is 38.8 Å². The average Bonchev–Trinajstić information content (AvgIpc) is 2.33. The molecule has 1 aromatic rings. The molecule has 0 bridgehead atoms. The van der Waals surface area contributed by atoms with Crippen LogP contribution < -0.4 is 5.32 Å². The number of ether oxygens (including phenoxy) is 1. The van der Waals surface area contributed by atoms with E-state index in [-0.39, 0.29) is 6.04 Å². The topological polar surface area (TPSA) is 41.5 Å². The molecule has 3 heteroatoms. The Labute approximate surface area is 109 Å². The zero-order chi connectivity index (χ0) is 13.2. The Kier molecular flexibility index (Phi) is 4.05. The minimum Gasteiger partial charge on any atom is -0.385 e. The standard InChI is InChI=1S/C15H23NO2/c1-11-5-4-6-14(12(11)2)15(3,17)9-13-10-18-8-7-16-13/h4-6,13,16-17H,7-10H2,1-3H3. The second kappa shape index (κ2) is 5.39. The van der Waals surface area contributed by atoms with Crippen LogP contribution in [0.4, 0.5) is 0 Å². The lowest BCUT2D eigenvalue weighted by Gasteiger charge is -2.33. The van der Waals surface area contributed by atoms with E-state index < -0.39 is 5.60 Å². The van der Waals surface area contributed by atoms with Gasteiger partial charge in [-0.3, -0.25) is 0 Å². The van der Waals surface area contributed by atoms with Crippen molar-refractivity contribution in [3.05, 3.63) is 34.9 Å². The van der Waals surface area contributed by atoms with Crippen molar-refractivity contribution in [2.24, 2.45) is 0 Å². The fourth-order valence-electron chi connectivity index (χ4n) is 2.68. The minimum absolute atomic E-state index is 0.230. The molecule has 0 aromatic heterocycles. The first kappa shape index (κ1) is 13.5. The van der Waals surface area contributed by atoms with Crippen LogP contribution in [-0.2, 0) is 10.3 Å². The van der Waals surface area contributed by atoms with E-state index in [0.717, 1.165) is 18.7 Å². The quantitative estimate of drug-likeness (QED) is 0.859. The highest BCUT2D eigenvalue weighted by Gasteiger charge is 2.30. The van der Waals surface area contributed by atoms with Crippen LogP contribution in [0, 0.1) is 13.8 Å². The predicted octanol–water partition coefficient (Wildman–Crippen LogP) is 1.89. The lowest BCUT2D eigenvalue weighted by atomic mass is 9.85. The molecule has 1 aliphatic heterocycles. The molecule has 18 heavy (non-hydrogen) atoms. The summed E-state index contributed by atoms with van der Waals surface area (Å²) in [4.78, 5) is 0. The number of nitrogens with one attached hydrogen (secondary N) is 1. The highest BCUT2D eigenvalue weighted by atomic mass is 16.5. The van der Waals surface area contributed by atoms with Gasteiger partial charge in [-0.05, 0) is 43.9 Å². The van der Waals surface area contributed by atoms with Crippen LogP contribution in [0.15, 0.2) is 18.2 Å². The monoisotopic (exact) mass is 249 g/mol. The Bertz CT molecular complexity index is 409. The highest BCUT2D eigenvalue weighted by molar-refractivity contribution is 5.36. The number of hydrogen-bond acceptors (Lipinski definition) is 3. The second-order valence-corrected chi connectivity index (χ2v) is 5.45. The molecule has 0 spiro atoms. The van der Waals surface area contributed by atoms with Crippen molar-refractivity contribution in [3.63, 3.8) is 0 Å². The van der Waals surface area contributed by atoms with Gasteiger partial charge < -0.3 is 15.2 Å². The van der Waals surface area contributed by atoms with Gasteiger partial charge in [-0.2, -0.15) is 0 Å². The van der Waals surface area contributed by atoms with Gasteiger partial charge in [0, 0.05) is 12.6 Å². The van der Waals surface area contributed by atoms with Gasteiger partial charge in [0.2, 0.25) is 0 Å². The maximum atomic E-state index is 10.7. The number of morpholine rings is 1. The van der Waals surface area contributed by atoms with Crippen LogP contribution in [0.2, 0.25) is 0 Å². The van der Waals surface area contributed by atoms with E-state index in [1.807, 2.05) is 19.1 Å². The maximum absolute atomic E-state index is 10.7. The Morgan fingerprint density at radius 3 is 2.89 bits per heavy atom. The molecule has 2 unspecified atom stereocenters. The Morgan fingerprint density at radius 1 is 1.44 bits per heavy atom. The molecule has 0 amide bonds. The molecule has 1 aromatic carbocycles. The Morgan fingerprint density at radius 2 is 2.22 bits per heavy atom. The summed E-state index contributed by atoms with van der Waals surface area (Å²) in [7, 11) is 0. The molecule has 100 valence electrons. The lowest BCUT2D eigenvalue weighted by molar-refractivity contribution is 0.00282. The molecule has 0 aliphatic carbocycles. The van der Waals surface area contributed by atoms with Gasteiger partial charge in [-0.25, -0.2) is 0 Å². The number of hydrogen-bond donors (Lipinski definition) is 2. The predicted molar refractivity (Wildman–Crippen MR) is 72.7 cm³/mol. The highest BCUT2D eigenvalue weighted by Crippen LogP contribution is 2.30. The fraction of sp³-hybridized carbons (Fsp3) is 0.600. The van der Waals surface area contributed by atoms with Crippen molar-refractivity contribution < 1.29 is 9.84 Å². The number of rotatable bonds is 3. The Hall–Kier alpha value is -0.900. The first-order chi connectivity index (χ1) is 8.50. The molecule has 1 saturated heterocycles. The first-order valence-corrected chi connectivity index (χ1v) is 6.61. The fourth-order valence-corrected chi connectivity index (χ4v) is 2.68. The van der Waals surface area contributed by atoms with Gasteiger partial charge in [0.25, 0.3) is 0 Å². The van der Waals surface area contributed by atoms with E-state index in [1.54, 1.807) is 0 Å². The third kappa shape index (κ3) is 2.91. The van der Waals surface area contributed by atoms with E-state index in [0.29, 0.717) is 13.0 Å². The molecular formula is C15H23NO2. The maximum Gasteiger partial charge on any atom is 0.0886 e. The van der Waals surface area contributed by atoms with Crippen LogP contribution in [-0.4, -0.2) is 30.9 Å². The zero-order valence-corrected chi connectivity index (χ0v) is 11.5. The van der Waals surface area contributed by atoms with Gasteiger partial charge in [-0.1, -0.05) is 18.2 Å². The van der Waals surface area contributed by atoms with E-state index in [2.05, 4.69) is 25.2 Å². The van der Waals surface area contributed by atoms with E-state index in [4.69, 9.17) is 4.74 Å². The molecule has 1 heterocycles. The summed E-state index contributed by atoms with van der Waals surface area (Å²) in [6, 6.07) is 6.34. The first-order valence-electron chi connectivity index (χ1n) is 6.61. The lowest BCUT2D eigenvalue weighted by Crippen LogP contribution is -2.45. The van der Waals surface area contributed by atoms with Crippen molar-refractivity contribution >= 4 is 0 Å². The number of aryl methyl sites for hydroxylation is 1. The molecule has 0 radical (unpaired) electrons. The van der Waals surface area contributed by atoms with Gasteiger partial charge in [0.05, 0.1) is 18.8 Å². The summed E-state index contributed by atoms with van der Waals surface area (Å²) in [5.41, 5.74) is 2.61. The van der Waals surface area contributed by atoms with Gasteiger partial charge >= 0.3 is 0 Å². The van der Waals surface area contributed by atoms with Crippen LogP contribution >= 0.6 is 0 Å². The molecule has 2 N–H and O–H groups in total. The van der Waals surface area contributed by atoms with E-state index in [9.17, 15) is 5.11 Å². The Balaban J connectivity index is 2.16. The summed E-state index contributed by atoms with van der Waals surface area (Å²) in [5.74, 6) is 0. The van der Waals surface area contributed by atoms with E-state index in [1.165, 1.54) is 11.1 Å². The normalized spacial score (nSPS) is 23.7. The summed E-state index contributed by atoms with van der Waals surface area (Å²) in [5, 5.41) is 14.1. The summed E-state index contributed by atoms with van der Waals surface area (Å²) >= 11 is 0. The van der Waals surface area contributed by atoms with Crippen LogP contribution in [0.5, 0.6) is 0 Å². The molecular weight excluding hydrogens is 226 g/mol. The van der Waals surface area contributed by atoms with Gasteiger partial charge in [0.15, 0.2) is 0 Å². The second-order valence-electron chi connectivity index (χ2n) is 5.45. The van der Waals surface area contributed by atoms with Gasteiger partial charge in [0.1, 0.15) is 0 Å². The third-order valence-corrected chi connectivity index (χ3v) is 3.83. The summed E-state index contributed by atoms with van der Waals surface area (Å²) < 4.78 is 5.44. The number of benzene rings is 1. The third-order valence-electron chi connectivity index (χ3n) is 3.83. The molecule has 2 rings (SSSR count). The molecule has 2 atom stereocenters. The van der Waals surface area contributed by atoms with Crippen molar-refractivity contribution in [1.82, 2.24) is 5.32 Å². The molecule has 1 aliphatic rings. The average molecular weight is 249 g/mol. The molecule has 0 saturated carbocycles. The van der Waals surface area contributed by atoms with Crippen LogP contribution in [0.25, 0.3) is 0 Å². The SMILES string of the molecule is Cc1cccc(C(C)(O)CC2COCCN2)c1C. The molecule has 1 fully saturated rings. The minimum atomic E-state index is -0.811.